The molecule has 0 radical (unpaired) electrons. The number of carbonyl (C=O) groups excluding carboxylic acids is 1. The third-order valence-corrected chi connectivity index (χ3v) is 1.46. The van der Waals surface area contributed by atoms with Crippen molar-refractivity contribution in [1.29, 1.82) is 0 Å². The zero-order valence-corrected chi connectivity index (χ0v) is 7.05. The molecular formula is C10H8F2O. The van der Waals surface area contributed by atoms with Gasteiger partial charge in [-0.05, 0) is 37.3 Å². The Hall–Kier alpha value is -1.51. The van der Waals surface area contributed by atoms with E-state index >= 15 is 0 Å². The fraction of sp³-hybridized carbons (Fsp3) is 0.100. The van der Waals surface area contributed by atoms with E-state index in [1.54, 1.807) is 0 Å². The van der Waals surface area contributed by atoms with E-state index in [0.29, 0.717) is 0 Å². The molecule has 0 amide bonds. The number of hydrogen-bond donors (Lipinski definition) is 0. The largest absolute Gasteiger partial charge is 0.295 e. The highest BCUT2D eigenvalue weighted by molar-refractivity contribution is 5.91. The summed E-state index contributed by atoms with van der Waals surface area (Å²) in [6.45, 7) is 1.34. The van der Waals surface area contributed by atoms with Crippen LogP contribution in [-0.2, 0) is 4.79 Å². The lowest BCUT2D eigenvalue weighted by molar-refractivity contribution is -0.112. The molecule has 3 heteroatoms. The Bertz CT molecular complexity index is 356. The Balaban J connectivity index is 3.00. The summed E-state index contributed by atoms with van der Waals surface area (Å²) < 4.78 is 25.5. The number of halogens is 2. The molecule has 0 heterocycles. The zero-order chi connectivity index (χ0) is 9.84. The van der Waals surface area contributed by atoms with Crippen LogP contribution in [0.2, 0.25) is 0 Å². The number of hydrogen-bond acceptors (Lipinski definition) is 1. The van der Waals surface area contributed by atoms with Crippen LogP contribution in [0.3, 0.4) is 0 Å². The molecule has 0 N–H and O–H groups in total. The van der Waals surface area contributed by atoms with Crippen LogP contribution in [0.15, 0.2) is 24.3 Å². The highest BCUT2D eigenvalue weighted by Gasteiger charge is 1.99. The fourth-order valence-electron chi connectivity index (χ4n) is 0.849. The molecule has 0 aliphatic heterocycles. The lowest BCUT2D eigenvalue weighted by Crippen LogP contribution is -1.86. The maximum absolute atomic E-state index is 12.9. The van der Waals surface area contributed by atoms with E-state index in [4.69, 9.17) is 0 Å². The van der Waals surface area contributed by atoms with Crippen molar-refractivity contribution >= 4 is 11.9 Å². The molecule has 0 spiro atoms. The Morgan fingerprint density at radius 3 is 2.69 bits per heavy atom. The SMILES string of the molecule is CC(=O)C=Cc1cc(F)ccc1F. The third kappa shape index (κ3) is 2.78. The molecule has 1 rings (SSSR count). The number of benzene rings is 1. The maximum Gasteiger partial charge on any atom is 0.152 e. The minimum atomic E-state index is -0.543. The summed E-state index contributed by atoms with van der Waals surface area (Å²) in [5.74, 6) is -1.27. The molecule has 0 fully saturated rings. The minimum Gasteiger partial charge on any atom is -0.295 e. The Morgan fingerprint density at radius 2 is 2.08 bits per heavy atom. The lowest BCUT2D eigenvalue weighted by Gasteiger charge is -1.95. The molecule has 0 aliphatic rings. The van der Waals surface area contributed by atoms with Crippen molar-refractivity contribution in [3.05, 3.63) is 41.5 Å². The summed E-state index contributed by atoms with van der Waals surface area (Å²) in [6.07, 6.45) is 2.44. The smallest absolute Gasteiger partial charge is 0.152 e. The van der Waals surface area contributed by atoms with E-state index in [1.165, 1.54) is 19.1 Å². The predicted octanol–water partition coefficient (Wildman–Crippen LogP) is 2.57. The van der Waals surface area contributed by atoms with Crippen molar-refractivity contribution in [2.75, 3.05) is 0 Å². The number of ketones is 1. The maximum atomic E-state index is 12.9. The Labute approximate surface area is 74.7 Å². The quantitative estimate of drug-likeness (QED) is 0.642. The summed E-state index contributed by atoms with van der Waals surface area (Å²) in [7, 11) is 0. The highest BCUT2D eigenvalue weighted by Crippen LogP contribution is 2.11. The van der Waals surface area contributed by atoms with Crippen molar-refractivity contribution in [2.45, 2.75) is 6.92 Å². The topological polar surface area (TPSA) is 17.1 Å². The van der Waals surface area contributed by atoms with Gasteiger partial charge in [-0.25, -0.2) is 8.78 Å². The van der Waals surface area contributed by atoms with Crippen molar-refractivity contribution in [3.8, 4) is 0 Å². The second kappa shape index (κ2) is 3.94. The van der Waals surface area contributed by atoms with Crippen LogP contribution in [0.5, 0.6) is 0 Å². The van der Waals surface area contributed by atoms with E-state index < -0.39 is 11.6 Å². The van der Waals surface area contributed by atoms with Crippen LogP contribution in [0.25, 0.3) is 6.08 Å². The summed E-state index contributed by atoms with van der Waals surface area (Å²) in [6, 6.07) is 3.09. The second-order valence-corrected chi connectivity index (χ2v) is 2.61. The summed E-state index contributed by atoms with van der Waals surface area (Å²) in [5.41, 5.74) is 0.0789. The van der Waals surface area contributed by atoms with Gasteiger partial charge in [-0.15, -0.1) is 0 Å². The van der Waals surface area contributed by atoms with Crippen molar-refractivity contribution in [3.63, 3.8) is 0 Å². The van der Waals surface area contributed by atoms with Gasteiger partial charge in [0.25, 0.3) is 0 Å². The Kier molecular flexibility index (Phi) is 2.90. The number of rotatable bonds is 2. The third-order valence-electron chi connectivity index (χ3n) is 1.46. The van der Waals surface area contributed by atoms with Crippen LogP contribution in [0.1, 0.15) is 12.5 Å². The average molecular weight is 182 g/mol. The summed E-state index contributed by atoms with van der Waals surface area (Å²) in [4.78, 5) is 10.5. The van der Waals surface area contributed by atoms with Crippen LogP contribution >= 0.6 is 0 Å². The minimum absolute atomic E-state index is 0.0789. The number of carbonyl (C=O) groups is 1. The average Bonchev–Trinajstić information content (AvgIpc) is 2.06. The van der Waals surface area contributed by atoms with Gasteiger partial charge in [0, 0.05) is 5.56 Å². The van der Waals surface area contributed by atoms with Gasteiger partial charge in [0.2, 0.25) is 0 Å². The van der Waals surface area contributed by atoms with E-state index in [9.17, 15) is 13.6 Å². The number of allylic oxidation sites excluding steroid dienone is 1. The van der Waals surface area contributed by atoms with Gasteiger partial charge in [-0.3, -0.25) is 4.79 Å². The molecule has 0 unspecified atom stereocenters. The highest BCUT2D eigenvalue weighted by atomic mass is 19.1. The van der Waals surface area contributed by atoms with Gasteiger partial charge in [0.05, 0.1) is 0 Å². The lowest BCUT2D eigenvalue weighted by atomic mass is 10.2. The molecule has 0 bridgehead atoms. The molecule has 1 aromatic rings. The standard InChI is InChI=1S/C10H8F2O/c1-7(13)2-3-8-6-9(11)4-5-10(8)12/h2-6H,1H3. The molecule has 0 atom stereocenters. The first-order valence-corrected chi connectivity index (χ1v) is 3.73. The second-order valence-electron chi connectivity index (χ2n) is 2.61. The molecule has 0 saturated carbocycles. The zero-order valence-electron chi connectivity index (χ0n) is 7.05. The Morgan fingerprint density at radius 1 is 1.38 bits per heavy atom. The van der Waals surface area contributed by atoms with Crippen LogP contribution in [0.4, 0.5) is 8.78 Å². The van der Waals surface area contributed by atoms with Gasteiger partial charge < -0.3 is 0 Å². The first-order valence-electron chi connectivity index (χ1n) is 3.73. The van der Waals surface area contributed by atoms with Gasteiger partial charge in [-0.1, -0.05) is 0 Å². The van der Waals surface area contributed by atoms with Gasteiger partial charge in [-0.2, -0.15) is 0 Å². The van der Waals surface area contributed by atoms with Gasteiger partial charge in [0.1, 0.15) is 11.6 Å². The van der Waals surface area contributed by atoms with E-state index in [2.05, 4.69) is 0 Å². The van der Waals surface area contributed by atoms with Crippen LogP contribution < -0.4 is 0 Å². The van der Waals surface area contributed by atoms with Crippen LogP contribution in [-0.4, -0.2) is 5.78 Å². The molecule has 1 nitrogen and oxygen atoms in total. The van der Waals surface area contributed by atoms with Gasteiger partial charge >= 0.3 is 0 Å². The van der Waals surface area contributed by atoms with Crippen molar-refractivity contribution in [2.24, 2.45) is 0 Å². The van der Waals surface area contributed by atoms with Crippen molar-refractivity contribution in [1.82, 2.24) is 0 Å². The first kappa shape index (κ1) is 9.58. The first-order chi connectivity index (χ1) is 6.09. The molecule has 0 aliphatic carbocycles. The predicted molar refractivity (Wildman–Crippen MR) is 46.1 cm³/mol. The monoisotopic (exact) mass is 182 g/mol. The molecule has 0 aromatic heterocycles. The van der Waals surface area contributed by atoms with Crippen LogP contribution in [0, 0.1) is 11.6 Å². The van der Waals surface area contributed by atoms with E-state index in [0.717, 1.165) is 18.2 Å². The fourth-order valence-corrected chi connectivity index (χ4v) is 0.849. The molecular weight excluding hydrogens is 174 g/mol. The molecule has 0 saturated heterocycles. The van der Waals surface area contributed by atoms with Crippen molar-refractivity contribution < 1.29 is 13.6 Å². The van der Waals surface area contributed by atoms with E-state index in [-0.39, 0.29) is 11.3 Å². The summed E-state index contributed by atoms with van der Waals surface area (Å²) in [5, 5.41) is 0. The van der Waals surface area contributed by atoms with E-state index in [1.807, 2.05) is 0 Å². The molecule has 1 aromatic carbocycles. The normalized spacial score (nSPS) is 10.7. The molecule has 13 heavy (non-hydrogen) atoms. The van der Waals surface area contributed by atoms with Gasteiger partial charge in [0.15, 0.2) is 5.78 Å². The molecule has 68 valence electrons. The summed E-state index contributed by atoms with van der Waals surface area (Å²) >= 11 is 0.